The maximum atomic E-state index is 5.50. The first kappa shape index (κ1) is 16.0. The van der Waals surface area contributed by atoms with Gasteiger partial charge < -0.3 is 10.1 Å². The van der Waals surface area contributed by atoms with Gasteiger partial charge in [-0.2, -0.15) is 5.10 Å². The lowest BCUT2D eigenvalue weighted by atomic mass is 9.88. The fraction of sp³-hybridized carbons (Fsp3) is 0.800. The summed E-state index contributed by atoms with van der Waals surface area (Å²) in [5, 5.41) is 8.28. The minimum absolute atomic E-state index is 0.515. The van der Waals surface area contributed by atoms with E-state index in [0.717, 1.165) is 51.3 Å². The molecule has 1 fully saturated rings. The third-order valence-electron chi connectivity index (χ3n) is 4.17. The van der Waals surface area contributed by atoms with Crippen LogP contribution in [0.15, 0.2) is 4.47 Å². The minimum Gasteiger partial charge on any atom is -0.381 e. The van der Waals surface area contributed by atoms with E-state index in [1.807, 2.05) is 0 Å². The summed E-state index contributed by atoms with van der Waals surface area (Å²) in [5.41, 5.74) is 2.41. The van der Waals surface area contributed by atoms with Crippen LogP contribution in [0.5, 0.6) is 0 Å². The average molecular weight is 344 g/mol. The molecule has 0 amide bonds. The van der Waals surface area contributed by atoms with Gasteiger partial charge in [-0.3, -0.25) is 4.68 Å². The molecule has 1 N–H and O–H groups in total. The van der Waals surface area contributed by atoms with Crippen LogP contribution >= 0.6 is 15.9 Å². The summed E-state index contributed by atoms with van der Waals surface area (Å²) in [6, 6.07) is 0.515. The molecule has 1 atom stereocenters. The van der Waals surface area contributed by atoms with Gasteiger partial charge in [-0.1, -0.05) is 6.92 Å². The minimum atomic E-state index is 0.515. The van der Waals surface area contributed by atoms with Crippen molar-refractivity contribution in [3.8, 4) is 0 Å². The number of nitrogens with one attached hydrogen (secondary N) is 1. The van der Waals surface area contributed by atoms with Crippen molar-refractivity contribution in [1.82, 2.24) is 15.1 Å². The molecule has 0 radical (unpaired) electrons. The first-order valence-electron chi connectivity index (χ1n) is 7.70. The topological polar surface area (TPSA) is 39.1 Å². The maximum Gasteiger partial charge on any atom is 0.0738 e. The Morgan fingerprint density at radius 3 is 2.70 bits per heavy atom. The summed E-state index contributed by atoms with van der Waals surface area (Å²) in [6.45, 7) is 10.1. The van der Waals surface area contributed by atoms with E-state index in [4.69, 9.17) is 4.74 Å². The van der Waals surface area contributed by atoms with Crippen LogP contribution in [-0.4, -0.2) is 35.6 Å². The quantitative estimate of drug-likeness (QED) is 0.863. The van der Waals surface area contributed by atoms with E-state index >= 15 is 0 Å². The summed E-state index contributed by atoms with van der Waals surface area (Å²) >= 11 is 3.71. The third kappa shape index (κ3) is 3.62. The zero-order chi connectivity index (χ0) is 14.5. The number of hydrogen-bond acceptors (Lipinski definition) is 3. The van der Waals surface area contributed by atoms with E-state index in [9.17, 15) is 0 Å². The van der Waals surface area contributed by atoms with Gasteiger partial charge in [0.2, 0.25) is 0 Å². The van der Waals surface area contributed by atoms with Gasteiger partial charge in [0.05, 0.1) is 15.9 Å². The van der Waals surface area contributed by atoms with Gasteiger partial charge in [0.1, 0.15) is 0 Å². The highest BCUT2D eigenvalue weighted by Crippen LogP contribution is 2.26. The number of likely N-dealkylation sites (N-methyl/N-ethyl adjacent to an activating group) is 1. The Kier molecular flexibility index (Phi) is 6.05. The number of rotatable bonds is 6. The molecule has 2 rings (SSSR count). The number of aryl methyl sites for hydroxylation is 2. The SMILES string of the molecule is CCNC(Cc1c(Br)c(C)nn1CC)C1CCOCC1. The normalized spacial score (nSPS) is 18.4. The molecular formula is C15H26BrN3O. The van der Waals surface area contributed by atoms with Crippen LogP contribution in [0, 0.1) is 12.8 Å². The van der Waals surface area contributed by atoms with Gasteiger partial charge in [0, 0.05) is 32.2 Å². The summed E-state index contributed by atoms with van der Waals surface area (Å²) < 4.78 is 8.80. The molecule has 0 aliphatic carbocycles. The standard InChI is InChI=1S/C15H26BrN3O/c1-4-17-13(12-6-8-20-9-7-12)10-14-15(16)11(3)18-19(14)5-2/h12-13,17H,4-10H2,1-3H3. The van der Waals surface area contributed by atoms with Gasteiger partial charge in [0.25, 0.3) is 0 Å². The van der Waals surface area contributed by atoms with Crippen LogP contribution in [0.25, 0.3) is 0 Å². The lowest BCUT2D eigenvalue weighted by Gasteiger charge is -2.31. The Labute approximate surface area is 130 Å². The lowest BCUT2D eigenvalue weighted by Crippen LogP contribution is -2.41. The highest BCUT2D eigenvalue weighted by atomic mass is 79.9. The molecule has 2 heterocycles. The number of hydrogen-bond donors (Lipinski definition) is 1. The molecule has 114 valence electrons. The number of aromatic nitrogens is 2. The highest BCUT2D eigenvalue weighted by molar-refractivity contribution is 9.10. The predicted molar refractivity (Wildman–Crippen MR) is 85.0 cm³/mol. The molecular weight excluding hydrogens is 318 g/mol. The summed E-state index contributed by atoms with van der Waals surface area (Å²) in [4.78, 5) is 0. The molecule has 1 unspecified atom stereocenters. The molecule has 1 saturated heterocycles. The average Bonchev–Trinajstić information content (AvgIpc) is 2.75. The van der Waals surface area contributed by atoms with Crippen molar-refractivity contribution in [2.24, 2.45) is 5.92 Å². The van der Waals surface area contributed by atoms with Crippen molar-refractivity contribution < 1.29 is 4.74 Å². The van der Waals surface area contributed by atoms with Crippen LogP contribution in [0.3, 0.4) is 0 Å². The molecule has 4 nitrogen and oxygen atoms in total. The smallest absolute Gasteiger partial charge is 0.0738 e. The van der Waals surface area contributed by atoms with Crippen molar-refractivity contribution in [3.63, 3.8) is 0 Å². The Morgan fingerprint density at radius 2 is 2.10 bits per heavy atom. The first-order chi connectivity index (χ1) is 9.67. The summed E-state index contributed by atoms with van der Waals surface area (Å²) in [6.07, 6.45) is 3.36. The molecule has 1 aromatic heterocycles. The predicted octanol–water partition coefficient (Wildman–Crippen LogP) is 2.92. The van der Waals surface area contributed by atoms with Gasteiger partial charge in [0.15, 0.2) is 0 Å². The van der Waals surface area contributed by atoms with Crippen molar-refractivity contribution in [2.45, 2.75) is 52.6 Å². The van der Waals surface area contributed by atoms with Crippen LogP contribution < -0.4 is 5.32 Å². The maximum absolute atomic E-state index is 5.50. The molecule has 1 aliphatic rings. The van der Waals surface area contributed by atoms with Crippen molar-refractivity contribution in [3.05, 3.63) is 15.9 Å². The molecule has 1 aromatic rings. The Morgan fingerprint density at radius 1 is 1.40 bits per heavy atom. The van der Waals surface area contributed by atoms with Crippen molar-refractivity contribution in [2.75, 3.05) is 19.8 Å². The second-order valence-corrected chi connectivity index (χ2v) is 6.27. The van der Waals surface area contributed by atoms with Crippen LogP contribution in [0.1, 0.15) is 38.1 Å². The summed E-state index contributed by atoms with van der Waals surface area (Å²) in [5.74, 6) is 0.705. The molecule has 1 aliphatic heterocycles. The van der Waals surface area contributed by atoms with Crippen molar-refractivity contribution in [1.29, 1.82) is 0 Å². The van der Waals surface area contributed by atoms with E-state index in [1.165, 1.54) is 10.2 Å². The van der Waals surface area contributed by atoms with Crippen LogP contribution in [-0.2, 0) is 17.7 Å². The van der Waals surface area contributed by atoms with Gasteiger partial charge in [-0.15, -0.1) is 0 Å². The van der Waals surface area contributed by atoms with E-state index in [0.29, 0.717) is 12.0 Å². The van der Waals surface area contributed by atoms with E-state index in [1.54, 1.807) is 0 Å². The second kappa shape index (κ2) is 7.57. The Hall–Kier alpha value is -0.390. The number of ether oxygens (including phenoxy) is 1. The Balaban J connectivity index is 2.14. The molecule has 5 heteroatoms. The molecule has 0 bridgehead atoms. The zero-order valence-electron chi connectivity index (χ0n) is 12.8. The van der Waals surface area contributed by atoms with Crippen molar-refractivity contribution >= 4 is 15.9 Å². The van der Waals surface area contributed by atoms with Crippen LogP contribution in [0.4, 0.5) is 0 Å². The second-order valence-electron chi connectivity index (χ2n) is 5.48. The Bertz CT molecular complexity index is 427. The number of halogens is 1. The largest absolute Gasteiger partial charge is 0.381 e. The lowest BCUT2D eigenvalue weighted by molar-refractivity contribution is 0.0537. The summed E-state index contributed by atoms with van der Waals surface area (Å²) in [7, 11) is 0. The van der Waals surface area contributed by atoms with Gasteiger partial charge in [-0.25, -0.2) is 0 Å². The molecule has 0 aromatic carbocycles. The molecule has 20 heavy (non-hydrogen) atoms. The van der Waals surface area contributed by atoms with E-state index < -0.39 is 0 Å². The molecule has 0 saturated carbocycles. The van der Waals surface area contributed by atoms with E-state index in [2.05, 4.69) is 51.8 Å². The third-order valence-corrected chi connectivity index (χ3v) is 5.20. The fourth-order valence-electron chi connectivity index (χ4n) is 3.06. The van der Waals surface area contributed by atoms with Crippen LogP contribution in [0.2, 0.25) is 0 Å². The number of nitrogens with zero attached hydrogens (tertiary/aromatic N) is 2. The highest BCUT2D eigenvalue weighted by Gasteiger charge is 2.26. The monoisotopic (exact) mass is 343 g/mol. The zero-order valence-corrected chi connectivity index (χ0v) is 14.4. The van der Waals surface area contributed by atoms with Gasteiger partial charge >= 0.3 is 0 Å². The van der Waals surface area contributed by atoms with E-state index in [-0.39, 0.29) is 0 Å². The fourth-order valence-corrected chi connectivity index (χ4v) is 3.50. The van der Waals surface area contributed by atoms with Gasteiger partial charge in [-0.05, 0) is 55.1 Å². The molecule has 0 spiro atoms. The first-order valence-corrected chi connectivity index (χ1v) is 8.49.